The molecular weight excluding hydrogens is 897 g/mol. The first-order valence-corrected chi connectivity index (χ1v) is 22.6. The maximum absolute atomic E-state index is 13.7. The molecule has 0 aliphatic heterocycles. The Morgan fingerprint density at radius 1 is 0.400 bits per heavy atom. The molecule has 4 aromatic carbocycles. The average Bonchev–Trinajstić information content (AvgIpc) is 3.31. The second-order valence-electron chi connectivity index (χ2n) is 15.6. The molecule has 0 aromatic heterocycles. The van der Waals surface area contributed by atoms with Gasteiger partial charge in [0.05, 0.1) is 0 Å². The Hall–Kier alpha value is -8.40. The van der Waals surface area contributed by atoms with Gasteiger partial charge in [-0.1, -0.05) is 48.5 Å². The predicted molar refractivity (Wildman–Crippen MR) is 265 cm³/mol. The summed E-state index contributed by atoms with van der Waals surface area (Å²) < 4.78 is 20.6. The molecule has 0 atom stereocenters. The van der Waals surface area contributed by atoms with Gasteiger partial charge in [-0.25, -0.2) is 0 Å². The van der Waals surface area contributed by atoms with Crippen molar-refractivity contribution in [2.24, 2.45) is 0 Å². The Labute approximate surface area is 407 Å². The SMILES string of the molecule is CC(=O)Oc1cccc(/C=C/C(=O)NCCCN(CCCCN(CCCNC(=O)/C=C/c2cccc(OC(C)=O)c2)C(=O)/C=C/c2cccc(OC(C)=O)c2)C(=O)/C=C/c2cccc(OC(C)=O)c2)c1. The van der Waals surface area contributed by atoms with Crippen molar-refractivity contribution in [2.75, 3.05) is 39.3 Å². The number of carbonyl (C=O) groups excluding carboxylic acids is 8. The molecule has 0 radical (unpaired) electrons. The zero-order chi connectivity index (χ0) is 50.7. The van der Waals surface area contributed by atoms with E-state index >= 15 is 0 Å². The van der Waals surface area contributed by atoms with Gasteiger partial charge in [0.1, 0.15) is 23.0 Å². The second kappa shape index (κ2) is 29.4. The zero-order valence-corrected chi connectivity index (χ0v) is 39.7. The van der Waals surface area contributed by atoms with Crippen molar-refractivity contribution in [3.8, 4) is 23.0 Å². The highest BCUT2D eigenvalue weighted by Gasteiger charge is 2.14. The molecule has 0 heterocycles. The fourth-order valence-electron chi connectivity index (χ4n) is 6.63. The van der Waals surface area contributed by atoms with Crippen molar-refractivity contribution in [3.63, 3.8) is 0 Å². The number of benzene rings is 4. The van der Waals surface area contributed by atoms with Gasteiger partial charge >= 0.3 is 23.9 Å². The van der Waals surface area contributed by atoms with E-state index in [4.69, 9.17) is 18.9 Å². The van der Waals surface area contributed by atoms with E-state index in [9.17, 15) is 38.4 Å². The largest absolute Gasteiger partial charge is 0.427 e. The zero-order valence-electron chi connectivity index (χ0n) is 39.7. The van der Waals surface area contributed by atoms with Gasteiger partial charge in [-0.15, -0.1) is 0 Å². The number of hydrogen-bond acceptors (Lipinski definition) is 12. The summed E-state index contributed by atoms with van der Waals surface area (Å²) in [5, 5.41) is 5.66. The molecule has 0 bridgehead atoms. The van der Waals surface area contributed by atoms with Crippen LogP contribution in [0.15, 0.2) is 121 Å². The minimum absolute atomic E-state index is 0.266. The van der Waals surface area contributed by atoms with Crippen molar-refractivity contribution in [3.05, 3.63) is 144 Å². The summed E-state index contributed by atoms with van der Waals surface area (Å²) in [5.41, 5.74) is 2.61. The molecule has 4 aromatic rings. The Balaban J connectivity index is 1.40. The Bertz CT molecular complexity index is 2420. The average molecular weight is 955 g/mol. The molecule has 366 valence electrons. The maximum atomic E-state index is 13.7. The van der Waals surface area contributed by atoms with Gasteiger partial charge in [0.25, 0.3) is 0 Å². The van der Waals surface area contributed by atoms with Gasteiger partial charge in [-0.05, 0) is 121 Å². The number of esters is 4. The van der Waals surface area contributed by atoms with Crippen LogP contribution in [0.25, 0.3) is 24.3 Å². The van der Waals surface area contributed by atoms with E-state index in [1.807, 2.05) is 0 Å². The van der Waals surface area contributed by atoms with E-state index in [2.05, 4.69) is 10.6 Å². The van der Waals surface area contributed by atoms with E-state index in [0.717, 1.165) is 0 Å². The van der Waals surface area contributed by atoms with Crippen molar-refractivity contribution >= 4 is 71.8 Å². The summed E-state index contributed by atoms with van der Waals surface area (Å²) in [5.74, 6) is -1.74. The second-order valence-corrected chi connectivity index (χ2v) is 15.6. The van der Waals surface area contributed by atoms with Gasteiger partial charge < -0.3 is 39.4 Å². The Kier molecular flexibility index (Phi) is 22.7. The number of carbonyl (C=O) groups is 8. The number of ether oxygens (including phenoxy) is 4. The lowest BCUT2D eigenvalue weighted by Gasteiger charge is -2.24. The fraction of sp³-hybridized carbons (Fsp3) is 0.259. The number of amides is 4. The number of unbranched alkanes of at least 4 members (excludes halogenated alkanes) is 1. The molecule has 0 aliphatic carbocycles. The van der Waals surface area contributed by atoms with E-state index in [1.54, 1.807) is 131 Å². The van der Waals surface area contributed by atoms with Crippen LogP contribution >= 0.6 is 0 Å². The van der Waals surface area contributed by atoms with Gasteiger partial charge in [-0.2, -0.15) is 0 Å². The summed E-state index contributed by atoms with van der Waals surface area (Å²) in [6, 6.07) is 27.0. The van der Waals surface area contributed by atoms with Crippen LogP contribution < -0.4 is 29.6 Å². The highest BCUT2D eigenvalue weighted by molar-refractivity contribution is 5.94. The normalized spacial score (nSPS) is 11.1. The third kappa shape index (κ3) is 21.9. The summed E-state index contributed by atoms with van der Waals surface area (Å²) in [6.45, 7) is 6.99. The molecule has 0 saturated carbocycles. The molecule has 0 fully saturated rings. The van der Waals surface area contributed by atoms with E-state index in [1.165, 1.54) is 52.0 Å². The van der Waals surface area contributed by atoms with Gasteiger partial charge in [0.2, 0.25) is 23.6 Å². The number of nitrogens with one attached hydrogen (secondary N) is 2. The number of nitrogens with zero attached hydrogens (tertiary/aromatic N) is 2. The molecule has 0 saturated heterocycles. The third-order valence-electron chi connectivity index (χ3n) is 9.71. The molecule has 16 heteroatoms. The molecule has 4 amide bonds. The number of rotatable bonds is 25. The van der Waals surface area contributed by atoms with Crippen LogP contribution in [0.5, 0.6) is 23.0 Å². The van der Waals surface area contributed by atoms with Crippen molar-refractivity contribution in [1.29, 1.82) is 0 Å². The minimum Gasteiger partial charge on any atom is -0.427 e. The first-order valence-electron chi connectivity index (χ1n) is 22.6. The fourth-order valence-corrected chi connectivity index (χ4v) is 6.63. The Morgan fingerprint density at radius 2 is 0.671 bits per heavy atom. The van der Waals surface area contributed by atoms with Gasteiger partial charge in [-0.3, -0.25) is 38.4 Å². The van der Waals surface area contributed by atoms with Crippen molar-refractivity contribution < 1.29 is 57.3 Å². The molecule has 16 nitrogen and oxygen atoms in total. The molecule has 2 N–H and O–H groups in total. The lowest BCUT2D eigenvalue weighted by molar-refractivity contribution is -0.132. The monoisotopic (exact) mass is 954 g/mol. The van der Waals surface area contributed by atoms with Crippen LogP contribution in [0.3, 0.4) is 0 Å². The summed E-state index contributed by atoms with van der Waals surface area (Å²) in [4.78, 5) is 102. The summed E-state index contributed by atoms with van der Waals surface area (Å²) in [7, 11) is 0. The molecule has 4 rings (SSSR count). The minimum atomic E-state index is -0.473. The van der Waals surface area contributed by atoms with E-state index in [-0.39, 0.29) is 36.7 Å². The van der Waals surface area contributed by atoms with Gasteiger partial charge in [0, 0.05) is 91.3 Å². The highest BCUT2D eigenvalue weighted by Crippen LogP contribution is 2.18. The van der Waals surface area contributed by atoms with Crippen LogP contribution in [0.1, 0.15) is 75.6 Å². The molecule has 70 heavy (non-hydrogen) atoms. The summed E-state index contributed by atoms with van der Waals surface area (Å²) >= 11 is 0. The van der Waals surface area contributed by atoms with Crippen molar-refractivity contribution in [1.82, 2.24) is 20.4 Å². The predicted octanol–water partition coefficient (Wildman–Crippen LogP) is 6.99. The topological polar surface area (TPSA) is 204 Å². The molecule has 0 unspecified atom stereocenters. The lowest BCUT2D eigenvalue weighted by Crippen LogP contribution is -2.36. The lowest BCUT2D eigenvalue weighted by atomic mass is 10.2. The molecule has 0 spiro atoms. The van der Waals surface area contributed by atoms with E-state index in [0.29, 0.717) is 97.1 Å². The number of hydrogen-bond donors (Lipinski definition) is 2. The maximum Gasteiger partial charge on any atom is 0.308 e. The quantitative estimate of drug-likeness (QED) is 0.0299. The Morgan fingerprint density at radius 3 is 0.957 bits per heavy atom. The van der Waals surface area contributed by atoms with Crippen LogP contribution in [-0.2, 0) is 38.4 Å². The van der Waals surface area contributed by atoms with Crippen molar-refractivity contribution in [2.45, 2.75) is 53.4 Å². The van der Waals surface area contributed by atoms with Crippen LogP contribution in [0.4, 0.5) is 0 Å². The first kappa shape index (κ1) is 54.2. The van der Waals surface area contributed by atoms with E-state index < -0.39 is 23.9 Å². The van der Waals surface area contributed by atoms with Gasteiger partial charge in [0.15, 0.2) is 0 Å². The molecule has 0 aliphatic rings. The highest BCUT2D eigenvalue weighted by atomic mass is 16.5. The summed E-state index contributed by atoms with van der Waals surface area (Å²) in [6.07, 6.45) is 13.9. The van der Waals surface area contributed by atoms with Crippen LogP contribution in [0.2, 0.25) is 0 Å². The third-order valence-corrected chi connectivity index (χ3v) is 9.71. The first-order chi connectivity index (χ1) is 33.6. The van der Waals surface area contributed by atoms with Crippen LogP contribution in [-0.4, -0.2) is 96.6 Å². The molecular formula is C54H58N4O12. The smallest absolute Gasteiger partial charge is 0.308 e. The van der Waals surface area contributed by atoms with Crippen LogP contribution in [0, 0.1) is 0 Å². The standard InChI is InChI=1S/C54H58N4O12/c1-39(59)67-47-17-7-13-43(35-47)21-25-51(63)55-29-11-33-57(53(65)27-23-45-15-9-19-49(37-45)69-41(3)61)31-5-6-32-58(54(66)28-24-46-16-10-20-50(38-46)70-42(4)62)34-12-30-56-52(64)26-22-44-14-8-18-48(36-44)68-40(2)60/h7-10,13-28,35-38H,5-6,11-12,29-34H2,1-4H3,(H,55,63)(H,56,64)/b25-21+,26-22+,27-23+,28-24+.